The van der Waals surface area contributed by atoms with Crippen molar-refractivity contribution in [3.8, 4) is 0 Å². The monoisotopic (exact) mass is 417 g/mol. The third-order valence-electron chi connectivity index (χ3n) is 4.02. The number of carbonyl (C=O) groups excluding carboxylic acids is 1. The first-order chi connectivity index (χ1) is 12.5. The summed E-state index contributed by atoms with van der Waals surface area (Å²) in [5.41, 5.74) is 0.956. The molecule has 7 heteroatoms. The molecule has 1 N–H and O–H groups in total. The number of benzene rings is 2. The average molecular weight is 418 g/mol. The Labute approximate surface area is 158 Å². The number of nitrogens with one attached hydrogen (secondary N) is 1. The summed E-state index contributed by atoms with van der Waals surface area (Å²) in [7, 11) is 0. The molecule has 134 valence electrons. The lowest BCUT2D eigenvalue weighted by Gasteiger charge is -2.08. The number of nitrogens with zero attached hydrogens (tertiary/aromatic N) is 2. The lowest BCUT2D eigenvalue weighted by Crippen LogP contribution is -2.25. The van der Waals surface area contributed by atoms with Gasteiger partial charge in [-0.15, -0.1) is 0 Å². The summed E-state index contributed by atoms with van der Waals surface area (Å²) in [6.45, 7) is 0.525. The molecule has 5 nitrogen and oxygen atoms in total. The Morgan fingerprint density at radius 3 is 2.88 bits per heavy atom. The van der Waals surface area contributed by atoms with E-state index in [1.807, 2.05) is 6.07 Å². The highest BCUT2D eigenvalue weighted by atomic mass is 79.9. The molecular weight excluding hydrogens is 401 g/mol. The first kappa shape index (κ1) is 18.3. The Morgan fingerprint density at radius 1 is 1.23 bits per heavy atom. The number of hydrogen-bond donors (Lipinski definition) is 1. The molecule has 0 saturated heterocycles. The van der Waals surface area contributed by atoms with Crippen LogP contribution in [0.2, 0.25) is 0 Å². The standard InChI is InChI=1S/C19H17BrFN3O2/c20-14-7-8-16(21)13(10-14)11-22-18(25)6-3-9-24-12-23-17-5-2-1-4-15(17)19(24)26/h1-2,4-5,7-8,10,12H,3,6,9,11H2,(H,22,25). The molecule has 0 aliphatic heterocycles. The average Bonchev–Trinajstić information content (AvgIpc) is 2.64. The number of para-hydroxylation sites is 1. The van der Waals surface area contributed by atoms with Gasteiger partial charge in [-0.1, -0.05) is 28.1 Å². The lowest BCUT2D eigenvalue weighted by atomic mass is 10.2. The van der Waals surface area contributed by atoms with Crippen molar-refractivity contribution in [2.75, 3.05) is 0 Å². The third kappa shape index (κ3) is 4.35. The molecule has 0 saturated carbocycles. The largest absolute Gasteiger partial charge is 0.352 e. The molecule has 3 aromatic rings. The van der Waals surface area contributed by atoms with E-state index in [2.05, 4.69) is 26.2 Å². The smallest absolute Gasteiger partial charge is 0.261 e. The molecule has 0 spiro atoms. The van der Waals surface area contributed by atoms with Crippen molar-refractivity contribution in [1.82, 2.24) is 14.9 Å². The third-order valence-corrected chi connectivity index (χ3v) is 4.51. The topological polar surface area (TPSA) is 64.0 Å². The zero-order valence-corrected chi connectivity index (χ0v) is 15.5. The number of fused-ring (bicyclic) bond motifs is 1. The number of hydrogen-bond acceptors (Lipinski definition) is 3. The number of halogens is 2. The zero-order chi connectivity index (χ0) is 18.5. The van der Waals surface area contributed by atoms with Crippen molar-refractivity contribution >= 4 is 32.7 Å². The molecule has 0 fully saturated rings. The minimum Gasteiger partial charge on any atom is -0.352 e. The summed E-state index contributed by atoms with van der Waals surface area (Å²) in [5, 5.41) is 3.25. The molecular formula is C19H17BrFN3O2. The van der Waals surface area contributed by atoms with E-state index in [1.165, 1.54) is 17.0 Å². The molecule has 0 unspecified atom stereocenters. The minimum absolute atomic E-state index is 0.118. The van der Waals surface area contributed by atoms with Gasteiger partial charge in [-0.25, -0.2) is 9.37 Å². The van der Waals surface area contributed by atoms with Crippen molar-refractivity contribution in [3.05, 3.63) is 75.0 Å². The van der Waals surface area contributed by atoms with Crippen LogP contribution in [-0.4, -0.2) is 15.5 Å². The van der Waals surface area contributed by atoms with Gasteiger partial charge in [0, 0.05) is 29.5 Å². The summed E-state index contributed by atoms with van der Waals surface area (Å²) in [4.78, 5) is 28.6. The fraction of sp³-hybridized carbons (Fsp3) is 0.211. The first-order valence-corrected chi connectivity index (χ1v) is 8.99. The van der Waals surface area contributed by atoms with Crippen LogP contribution in [0.1, 0.15) is 18.4 Å². The van der Waals surface area contributed by atoms with Crippen LogP contribution in [0.5, 0.6) is 0 Å². The van der Waals surface area contributed by atoms with Gasteiger partial charge in [0.25, 0.3) is 5.56 Å². The van der Waals surface area contributed by atoms with Gasteiger partial charge >= 0.3 is 0 Å². The second-order valence-corrected chi connectivity index (χ2v) is 6.79. The van der Waals surface area contributed by atoms with Crippen LogP contribution in [0.15, 0.2) is 58.1 Å². The van der Waals surface area contributed by atoms with Gasteiger partial charge in [0.2, 0.25) is 5.91 Å². The summed E-state index contributed by atoms with van der Waals surface area (Å²) in [6, 6.07) is 11.7. The van der Waals surface area contributed by atoms with Gasteiger partial charge in [-0.3, -0.25) is 14.2 Å². The number of amides is 1. The summed E-state index contributed by atoms with van der Waals surface area (Å²) < 4.78 is 15.9. The van der Waals surface area contributed by atoms with Gasteiger partial charge in [0.05, 0.1) is 17.2 Å². The first-order valence-electron chi connectivity index (χ1n) is 8.19. The Morgan fingerprint density at radius 2 is 2.04 bits per heavy atom. The van der Waals surface area contributed by atoms with Crippen LogP contribution in [0.4, 0.5) is 4.39 Å². The Bertz CT molecular complexity index is 1000. The van der Waals surface area contributed by atoms with Crippen molar-refractivity contribution in [2.24, 2.45) is 0 Å². The normalized spacial score (nSPS) is 10.8. The lowest BCUT2D eigenvalue weighted by molar-refractivity contribution is -0.121. The highest BCUT2D eigenvalue weighted by Gasteiger charge is 2.07. The molecule has 0 aliphatic carbocycles. The fourth-order valence-corrected chi connectivity index (χ4v) is 3.04. The molecule has 3 rings (SSSR count). The van der Waals surface area contributed by atoms with Gasteiger partial charge in [0.15, 0.2) is 0 Å². The summed E-state index contributed by atoms with van der Waals surface area (Å²) >= 11 is 3.28. The molecule has 1 amide bonds. The summed E-state index contributed by atoms with van der Waals surface area (Å²) in [5.74, 6) is -0.548. The van der Waals surface area contributed by atoms with E-state index in [9.17, 15) is 14.0 Å². The van der Waals surface area contributed by atoms with Crippen LogP contribution in [-0.2, 0) is 17.9 Å². The summed E-state index contributed by atoms with van der Waals surface area (Å²) in [6.07, 6.45) is 2.24. The van der Waals surface area contributed by atoms with Crippen LogP contribution in [0.3, 0.4) is 0 Å². The van der Waals surface area contributed by atoms with E-state index in [1.54, 1.807) is 30.3 Å². The SMILES string of the molecule is O=C(CCCn1cnc2ccccc2c1=O)NCc1cc(Br)ccc1F. The quantitative estimate of drug-likeness (QED) is 0.668. The van der Waals surface area contributed by atoms with Crippen LogP contribution in [0.25, 0.3) is 10.9 Å². The van der Waals surface area contributed by atoms with Crippen molar-refractivity contribution in [3.63, 3.8) is 0 Å². The number of rotatable bonds is 6. The van der Waals surface area contributed by atoms with Crippen molar-refractivity contribution in [1.29, 1.82) is 0 Å². The highest BCUT2D eigenvalue weighted by Crippen LogP contribution is 2.15. The van der Waals surface area contributed by atoms with Crippen LogP contribution >= 0.6 is 15.9 Å². The Kier molecular flexibility index (Phi) is 5.78. The maximum Gasteiger partial charge on any atom is 0.261 e. The van der Waals surface area contributed by atoms with E-state index >= 15 is 0 Å². The molecule has 2 aromatic carbocycles. The van der Waals surface area contributed by atoms with Crippen molar-refractivity contribution < 1.29 is 9.18 Å². The maximum absolute atomic E-state index is 13.6. The second-order valence-electron chi connectivity index (χ2n) is 5.88. The van der Waals surface area contributed by atoms with E-state index in [0.717, 1.165) is 4.47 Å². The van der Waals surface area contributed by atoms with Crippen LogP contribution in [0, 0.1) is 5.82 Å². The van der Waals surface area contributed by atoms with E-state index in [-0.39, 0.29) is 30.2 Å². The molecule has 0 bridgehead atoms. The predicted molar refractivity (Wildman–Crippen MR) is 101 cm³/mol. The highest BCUT2D eigenvalue weighted by molar-refractivity contribution is 9.10. The molecule has 0 aliphatic rings. The molecule has 0 atom stereocenters. The van der Waals surface area contributed by atoms with E-state index in [4.69, 9.17) is 0 Å². The molecule has 26 heavy (non-hydrogen) atoms. The predicted octanol–water partition coefficient (Wildman–Crippen LogP) is 3.39. The minimum atomic E-state index is -0.359. The second kappa shape index (κ2) is 8.23. The number of aromatic nitrogens is 2. The van der Waals surface area contributed by atoms with Crippen LogP contribution < -0.4 is 10.9 Å². The van der Waals surface area contributed by atoms with Gasteiger partial charge in [-0.05, 0) is 36.8 Å². The maximum atomic E-state index is 13.6. The Hall–Kier alpha value is -2.54. The van der Waals surface area contributed by atoms with E-state index in [0.29, 0.717) is 29.4 Å². The Balaban J connectivity index is 1.53. The van der Waals surface area contributed by atoms with E-state index < -0.39 is 0 Å². The molecule has 0 radical (unpaired) electrons. The number of carbonyl (C=O) groups is 1. The van der Waals surface area contributed by atoms with Crippen molar-refractivity contribution in [2.45, 2.75) is 25.9 Å². The fourth-order valence-electron chi connectivity index (χ4n) is 2.64. The molecule has 1 heterocycles. The molecule has 1 aromatic heterocycles. The van der Waals surface area contributed by atoms with Gasteiger partial charge < -0.3 is 5.32 Å². The zero-order valence-electron chi connectivity index (χ0n) is 13.9. The number of aryl methyl sites for hydroxylation is 1. The van der Waals surface area contributed by atoms with Gasteiger partial charge in [-0.2, -0.15) is 0 Å². The van der Waals surface area contributed by atoms with Gasteiger partial charge in [0.1, 0.15) is 5.82 Å².